The minimum atomic E-state index is -3.10. The lowest BCUT2D eigenvalue weighted by atomic mass is 10.1. The van der Waals surface area contributed by atoms with Gasteiger partial charge in [0.1, 0.15) is 5.75 Å². The Labute approximate surface area is 105 Å². The van der Waals surface area contributed by atoms with Crippen LogP contribution in [0.15, 0.2) is 18.2 Å². The molecule has 0 aliphatic rings. The van der Waals surface area contributed by atoms with E-state index in [1.54, 1.807) is 0 Å². The summed E-state index contributed by atoms with van der Waals surface area (Å²) in [4.78, 5) is 24.9. The number of benzene rings is 1. The first-order chi connectivity index (χ1) is 8.81. The van der Waals surface area contributed by atoms with Gasteiger partial charge < -0.3 is 9.84 Å². The molecule has 0 heterocycles. The highest BCUT2D eigenvalue weighted by molar-refractivity contribution is 5.89. The predicted molar refractivity (Wildman–Crippen MR) is 56.1 cm³/mol. The Kier molecular flexibility index (Phi) is 4.70. The third kappa shape index (κ3) is 4.14. The van der Waals surface area contributed by atoms with Gasteiger partial charge in [-0.25, -0.2) is 4.84 Å². The number of hydrogen-bond acceptors (Lipinski definition) is 6. The van der Waals surface area contributed by atoms with Crippen molar-refractivity contribution in [2.45, 2.75) is 19.6 Å². The molecule has 0 amide bonds. The van der Waals surface area contributed by atoms with Crippen molar-refractivity contribution < 1.29 is 33.3 Å². The van der Waals surface area contributed by atoms with Crippen LogP contribution in [-0.4, -0.2) is 22.8 Å². The molecule has 0 aliphatic carbocycles. The molecule has 1 aromatic rings. The van der Waals surface area contributed by atoms with E-state index in [1.807, 2.05) is 0 Å². The number of ether oxygens (including phenoxy) is 1. The van der Waals surface area contributed by atoms with E-state index in [4.69, 9.17) is 0 Å². The average Bonchev–Trinajstić information content (AvgIpc) is 2.27. The first-order valence-corrected chi connectivity index (χ1v) is 4.94. The molecule has 7 nitrogen and oxygen atoms in total. The van der Waals surface area contributed by atoms with Crippen molar-refractivity contribution in [2.24, 2.45) is 0 Å². The standard InChI is InChI=1S/C10H9F2NO6/c1-5(14)7-4-6(9(15)19-13(16)17)2-3-8(7)18-10(11)12/h2-5,10,14H,1H3. The van der Waals surface area contributed by atoms with Crippen LogP contribution >= 0.6 is 0 Å². The Morgan fingerprint density at radius 1 is 1.47 bits per heavy atom. The van der Waals surface area contributed by atoms with E-state index in [9.17, 15) is 28.8 Å². The zero-order valence-corrected chi connectivity index (χ0v) is 9.58. The van der Waals surface area contributed by atoms with Crippen molar-refractivity contribution in [3.05, 3.63) is 39.4 Å². The van der Waals surface area contributed by atoms with Gasteiger partial charge in [-0.1, -0.05) is 0 Å². The Morgan fingerprint density at radius 2 is 2.11 bits per heavy atom. The number of halogens is 2. The minimum Gasteiger partial charge on any atom is -0.434 e. The van der Waals surface area contributed by atoms with E-state index in [0.717, 1.165) is 18.2 Å². The molecule has 0 aliphatic heterocycles. The van der Waals surface area contributed by atoms with Crippen molar-refractivity contribution in [3.63, 3.8) is 0 Å². The van der Waals surface area contributed by atoms with E-state index >= 15 is 0 Å². The summed E-state index contributed by atoms with van der Waals surface area (Å²) in [6.07, 6.45) is -1.21. The second kappa shape index (κ2) is 6.05. The number of carbonyl (C=O) groups excluding carboxylic acids is 1. The molecule has 0 saturated heterocycles. The normalized spacial score (nSPS) is 12.1. The number of hydrogen-bond donors (Lipinski definition) is 1. The second-order valence-electron chi connectivity index (χ2n) is 3.41. The van der Waals surface area contributed by atoms with E-state index < -0.39 is 23.8 Å². The van der Waals surface area contributed by atoms with Gasteiger partial charge in [-0.15, -0.1) is 10.1 Å². The number of carbonyl (C=O) groups is 1. The molecule has 0 saturated carbocycles. The highest BCUT2D eigenvalue weighted by atomic mass is 19.3. The van der Waals surface area contributed by atoms with Crippen molar-refractivity contribution in [2.75, 3.05) is 0 Å². The number of alkyl halides is 2. The van der Waals surface area contributed by atoms with Crippen LogP contribution < -0.4 is 4.74 Å². The lowest BCUT2D eigenvalue weighted by molar-refractivity contribution is -0.727. The third-order valence-electron chi connectivity index (χ3n) is 2.07. The number of rotatable bonds is 5. The van der Waals surface area contributed by atoms with Gasteiger partial charge in [0.15, 0.2) is 0 Å². The summed E-state index contributed by atoms with van der Waals surface area (Å²) >= 11 is 0. The van der Waals surface area contributed by atoms with E-state index in [0.29, 0.717) is 0 Å². The molecule has 1 unspecified atom stereocenters. The van der Waals surface area contributed by atoms with Crippen LogP contribution in [0.2, 0.25) is 0 Å². The summed E-state index contributed by atoms with van der Waals surface area (Å²) in [5.74, 6) is -1.61. The van der Waals surface area contributed by atoms with Crippen molar-refractivity contribution >= 4 is 5.97 Å². The number of nitrogens with zero attached hydrogens (tertiary/aromatic N) is 1. The fraction of sp³-hybridized carbons (Fsp3) is 0.300. The fourth-order valence-corrected chi connectivity index (χ4v) is 1.33. The smallest absolute Gasteiger partial charge is 0.387 e. The molecule has 19 heavy (non-hydrogen) atoms. The molecular weight excluding hydrogens is 268 g/mol. The van der Waals surface area contributed by atoms with Gasteiger partial charge in [-0.2, -0.15) is 8.78 Å². The number of aliphatic hydroxyl groups excluding tert-OH is 1. The van der Waals surface area contributed by atoms with Gasteiger partial charge in [0.25, 0.3) is 0 Å². The summed E-state index contributed by atoms with van der Waals surface area (Å²) in [7, 11) is 0. The number of aliphatic hydroxyl groups is 1. The summed E-state index contributed by atoms with van der Waals surface area (Å²) in [6, 6.07) is 2.98. The average molecular weight is 277 g/mol. The molecule has 1 N–H and O–H groups in total. The quantitative estimate of drug-likeness (QED) is 0.649. The second-order valence-corrected chi connectivity index (χ2v) is 3.41. The first-order valence-electron chi connectivity index (χ1n) is 4.94. The van der Waals surface area contributed by atoms with Crippen molar-refractivity contribution in [1.82, 2.24) is 0 Å². The molecule has 9 heteroatoms. The van der Waals surface area contributed by atoms with Crippen LogP contribution in [0.4, 0.5) is 8.78 Å². The topological polar surface area (TPSA) is 98.9 Å². The molecule has 0 radical (unpaired) electrons. The van der Waals surface area contributed by atoms with Crippen molar-refractivity contribution in [3.8, 4) is 5.75 Å². The molecule has 0 aromatic heterocycles. The minimum absolute atomic E-state index is 0.113. The highest BCUT2D eigenvalue weighted by Gasteiger charge is 2.18. The molecule has 1 aromatic carbocycles. The predicted octanol–water partition coefficient (Wildman–Crippen LogP) is 1.69. The largest absolute Gasteiger partial charge is 0.434 e. The van der Waals surface area contributed by atoms with Crippen LogP contribution in [0.25, 0.3) is 0 Å². The molecule has 0 spiro atoms. The third-order valence-corrected chi connectivity index (χ3v) is 2.07. The van der Waals surface area contributed by atoms with Crippen LogP contribution in [0.3, 0.4) is 0 Å². The lowest BCUT2D eigenvalue weighted by Crippen LogP contribution is -2.12. The Balaban J connectivity index is 3.08. The lowest BCUT2D eigenvalue weighted by Gasteiger charge is -2.13. The Morgan fingerprint density at radius 3 is 2.58 bits per heavy atom. The molecule has 1 atom stereocenters. The highest BCUT2D eigenvalue weighted by Crippen LogP contribution is 2.28. The Bertz CT molecular complexity index is 491. The maximum atomic E-state index is 12.1. The SMILES string of the molecule is CC(O)c1cc(C(=O)O[N+](=O)[O-])ccc1OC(F)F. The van der Waals surface area contributed by atoms with Gasteiger partial charge >= 0.3 is 17.7 Å². The van der Waals surface area contributed by atoms with Crippen LogP contribution in [0, 0.1) is 10.1 Å². The van der Waals surface area contributed by atoms with Gasteiger partial charge in [0.05, 0.1) is 6.10 Å². The summed E-state index contributed by atoms with van der Waals surface area (Å²) in [5.41, 5.74) is -0.382. The van der Waals surface area contributed by atoms with Gasteiger partial charge in [-0.05, 0) is 25.1 Å². The summed E-state index contributed by atoms with van der Waals surface area (Å²) < 4.78 is 28.4. The monoisotopic (exact) mass is 277 g/mol. The zero-order chi connectivity index (χ0) is 14.6. The van der Waals surface area contributed by atoms with E-state index in [-0.39, 0.29) is 16.9 Å². The van der Waals surface area contributed by atoms with Crippen LogP contribution in [-0.2, 0) is 4.84 Å². The first kappa shape index (κ1) is 14.8. The maximum absolute atomic E-state index is 12.1. The Hall–Kier alpha value is -2.29. The molecular formula is C10H9F2NO6. The van der Waals surface area contributed by atoms with Crippen LogP contribution in [0.5, 0.6) is 5.75 Å². The molecule has 104 valence electrons. The van der Waals surface area contributed by atoms with E-state index in [2.05, 4.69) is 9.57 Å². The van der Waals surface area contributed by atoms with Gasteiger partial charge in [-0.3, -0.25) is 4.79 Å². The van der Waals surface area contributed by atoms with Gasteiger partial charge in [0.2, 0.25) is 0 Å². The molecule has 0 bridgehead atoms. The molecule has 0 fully saturated rings. The van der Waals surface area contributed by atoms with Crippen LogP contribution in [0.1, 0.15) is 28.9 Å². The van der Waals surface area contributed by atoms with Crippen molar-refractivity contribution in [1.29, 1.82) is 0 Å². The fourth-order valence-electron chi connectivity index (χ4n) is 1.33. The maximum Gasteiger partial charge on any atom is 0.387 e. The molecule has 1 rings (SSSR count). The zero-order valence-electron chi connectivity index (χ0n) is 9.58. The summed E-state index contributed by atoms with van der Waals surface area (Å²) in [6.45, 7) is -1.84. The van der Waals surface area contributed by atoms with Gasteiger partial charge in [0, 0.05) is 11.1 Å². The summed E-state index contributed by atoms with van der Waals surface area (Å²) in [5, 5.41) is 18.1. The van der Waals surface area contributed by atoms with E-state index in [1.165, 1.54) is 6.92 Å².